The highest BCUT2D eigenvalue weighted by atomic mass is 32.2. The van der Waals surface area contributed by atoms with Gasteiger partial charge in [0.05, 0.1) is 10.6 Å². The maximum atomic E-state index is 12.3. The van der Waals surface area contributed by atoms with Gasteiger partial charge in [-0.05, 0) is 50.1 Å². The molecule has 0 bridgehead atoms. The molecular weight excluding hydrogens is 374 g/mol. The Balaban J connectivity index is 1.36. The number of carbonyl (C=O) groups excluding carboxylic acids is 1. The van der Waals surface area contributed by atoms with E-state index in [1.807, 2.05) is 36.4 Å². The van der Waals surface area contributed by atoms with Crippen LogP contribution in [0.3, 0.4) is 0 Å². The highest BCUT2D eigenvalue weighted by molar-refractivity contribution is 7.91. The Labute approximate surface area is 166 Å². The first kappa shape index (κ1) is 20.4. The lowest BCUT2D eigenvalue weighted by Crippen LogP contribution is -2.46. The van der Waals surface area contributed by atoms with Crippen molar-refractivity contribution in [2.45, 2.75) is 30.2 Å². The number of nitrogens with zero attached hydrogens (tertiary/aromatic N) is 1. The summed E-state index contributed by atoms with van der Waals surface area (Å²) in [5.74, 6) is 0.161. The molecule has 7 heteroatoms. The molecule has 6 nitrogen and oxygen atoms in total. The summed E-state index contributed by atoms with van der Waals surface area (Å²) < 4.78 is 24.6. The number of para-hydroxylation sites is 1. The van der Waals surface area contributed by atoms with E-state index < -0.39 is 9.84 Å². The number of urea groups is 1. The summed E-state index contributed by atoms with van der Waals surface area (Å²) in [5.41, 5.74) is 0.775. The molecule has 2 aromatic rings. The average molecular weight is 402 g/mol. The fraction of sp³-hybridized carbons (Fsp3) is 0.381. The molecule has 0 aromatic heterocycles. The molecule has 1 saturated heterocycles. The molecule has 0 radical (unpaired) electrons. The molecule has 2 aromatic carbocycles. The van der Waals surface area contributed by atoms with Crippen molar-refractivity contribution in [1.29, 1.82) is 0 Å². The highest BCUT2D eigenvalue weighted by Gasteiger charge is 2.21. The van der Waals surface area contributed by atoms with Gasteiger partial charge in [-0.1, -0.05) is 36.4 Å². The first-order valence-electron chi connectivity index (χ1n) is 9.66. The summed E-state index contributed by atoms with van der Waals surface area (Å²) in [4.78, 5) is 14.7. The van der Waals surface area contributed by atoms with E-state index >= 15 is 0 Å². The first-order chi connectivity index (χ1) is 13.5. The Kier molecular flexibility index (Phi) is 7.06. The van der Waals surface area contributed by atoms with Gasteiger partial charge in [-0.15, -0.1) is 0 Å². The van der Waals surface area contributed by atoms with Gasteiger partial charge in [-0.3, -0.25) is 0 Å². The molecule has 3 rings (SSSR count). The van der Waals surface area contributed by atoms with E-state index in [0.29, 0.717) is 11.3 Å². The molecule has 2 N–H and O–H groups in total. The summed E-state index contributed by atoms with van der Waals surface area (Å²) in [7, 11) is -3.21. The van der Waals surface area contributed by atoms with Crippen LogP contribution in [-0.2, 0) is 9.84 Å². The molecule has 0 aliphatic carbocycles. The summed E-state index contributed by atoms with van der Waals surface area (Å²) in [6, 6.07) is 17.9. The largest absolute Gasteiger partial charge is 0.335 e. The van der Waals surface area contributed by atoms with Gasteiger partial charge in [-0.25, -0.2) is 13.2 Å². The van der Waals surface area contributed by atoms with Crippen LogP contribution in [0.1, 0.15) is 19.3 Å². The van der Waals surface area contributed by atoms with Crippen molar-refractivity contribution in [3.8, 4) is 0 Å². The fourth-order valence-corrected chi connectivity index (χ4v) is 4.72. The van der Waals surface area contributed by atoms with Crippen molar-refractivity contribution in [2.75, 3.05) is 30.7 Å². The number of sulfone groups is 1. The Bertz CT molecular complexity index is 849. The van der Waals surface area contributed by atoms with Gasteiger partial charge in [0.15, 0.2) is 9.84 Å². The zero-order chi connectivity index (χ0) is 19.8. The van der Waals surface area contributed by atoms with Gasteiger partial charge >= 0.3 is 6.03 Å². The van der Waals surface area contributed by atoms with E-state index in [0.717, 1.165) is 38.2 Å². The summed E-state index contributed by atoms with van der Waals surface area (Å²) in [6.07, 6.45) is 2.35. The quantitative estimate of drug-likeness (QED) is 0.747. The van der Waals surface area contributed by atoms with Crippen LogP contribution in [0.2, 0.25) is 0 Å². The molecular formula is C21H27N3O3S. The number of benzene rings is 2. The maximum absolute atomic E-state index is 12.3. The zero-order valence-corrected chi connectivity index (χ0v) is 16.7. The number of amides is 2. The Morgan fingerprint density at radius 1 is 0.964 bits per heavy atom. The predicted octanol–water partition coefficient (Wildman–Crippen LogP) is 3.14. The van der Waals surface area contributed by atoms with E-state index in [4.69, 9.17) is 0 Å². The Morgan fingerprint density at radius 2 is 1.57 bits per heavy atom. The van der Waals surface area contributed by atoms with Crippen molar-refractivity contribution in [2.24, 2.45) is 0 Å². The van der Waals surface area contributed by atoms with Crippen molar-refractivity contribution >= 4 is 21.6 Å². The zero-order valence-electron chi connectivity index (χ0n) is 15.9. The molecule has 1 aliphatic heterocycles. The number of rotatable bonds is 7. The lowest BCUT2D eigenvalue weighted by Gasteiger charge is -2.32. The third-order valence-corrected chi connectivity index (χ3v) is 6.76. The van der Waals surface area contributed by atoms with Gasteiger partial charge in [-0.2, -0.15) is 0 Å². The number of hydrogen-bond acceptors (Lipinski definition) is 4. The number of likely N-dealkylation sites (tertiary alicyclic amines) is 1. The van der Waals surface area contributed by atoms with Crippen molar-refractivity contribution in [3.05, 3.63) is 60.7 Å². The Morgan fingerprint density at radius 3 is 2.21 bits per heavy atom. The number of piperidine rings is 1. The second kappa shape index (κ2) is 9.71. The summed E-state index contributed by atoms with van der Waals surface area (Å²) in [5, 5.41) is 5.85. The first-order valence-corrected chi connectivity index (χ1v) is 11.3. The number of anilines is 1. The van der Waals surface area contributed by atoms with E-state index in [2.05, 4.69) is 15.5 Å². The smallest absolute Gasteiger partial charge is 0.319 e. The molecule has 0 unspecified atom stereocenters. The number of hydrogen-bond donors (Lipinski definition) is 2. The van der Waals surface area contributed by atoms with Crippen LogP contribution in [-0.4, -0.2) is 50.8 Å². The van der Waals surface area contributed by atoms with Crippen molar-refractivity contribution in [1.82, 2.24) is 10.2 Å². The second-order valence-electron chi connectivity index (χ2n) is 7.07. The predicted molar refractivity (Wildman–Crippen MR) is 111 cm³/mol. The third kappa shape index (κ3) is 6.07. The minimum absolute atomic E-state index is 0.146. The minimum Gasteiger partial charge on any atom is -0.335 e. The third-order valence-electron chi connectivity index (χ3n) is 4.94. The van der Waals surface area contributed by atoms with E-state index in [9.17, 15) is 13.2 Å². The van der Waals surface area contributed by atoms with Crippen LogP contribution in [0.4, 0.5) is 10.5 Å². The van der Waals surface area contributed by atoms with Crippen LogP contribution in [0, 0.1) is 0 Å². The topological polar surface area (TPSA) is 78.5 Å². The van der Waals surface area contributed by atoms with Gasteiger partial charge < -0.3 is 15.5 Å². The van der Waals surface area contributed by atoms with Crippen LogP contribution >= 0.6 is 0 Å². The standard InChI is InChI=1S/C21H27N3O3S/c25-21(22-18-8-3-1-4-9-18)23-19-12-15-24(16-13-19)14-7-17-28(26,27)20-10-5-2-6-11-20/h1-6,8-11,19H,7,12-17H2,(H2,22,23,25). The van der Waals surface area contributed by atoms with Gasteiger partial charge in [0.1, 0.15) is 0 Å². The molecule has 1 aliphatic rings. The lowest BCUT2D eigenvalue weighted by atomic mass is 10.1. The van der Waals surface area contributed by atoms with E-state index in [1.54, 1.807) is 24.3 Å². The molecule has 2 amide bonds. The maximum Gasteiger partial charge on any atom is 0.319 e. The van der Waals surface area contributed by atoms with Gasteiger partial charge in [0, 0.05) is 24.8 Å². The minimum atomic E-state index is -3.21. The van der Waals surface area contributed by atoms with Crippen LogP contribution in [0.5, 0.6) is 0 Å². The molecule has 0 atom stereocenters. The second-order valence-corrected chi connectivity index (χ2v) is 9.18. The molecule has 1 heterocycles. The van der Waals surface area contributed by atoms with E-state index in [-0.39, 0.29) is 17.8 Å². The average Bonchev–Trinajstić information content (AvgIpc) is 2.70. The summed E-state index contributed by atoms with van der Waals surface area (Å²) in [6.45, 7) is 2.48. The lowest BCUT2D eigenvalue weighted by molar-refractivity contribution is 0.196. The SMILES string of the molecule is O=C(Nc1ccccc1)NC1CCN(CCCS(=O)(=O)c2ccccc2)CC1. The number of nitrogens with one attached hydrogen (secondary N) is 2. The monoisotopic (exact) mass is 401 g/mol. The number of carbonyl (C=O) groups is 1. The normalized spacial score (nSPS) is 15.9. The van der Waals surface area contributed by atoms with E-state index in [1.165, 1.54) is 0 Å². The Hall–Kier alpha value is -2.38. The summed E-state index contributed by atoms with van der Waals surface area (Å²) >= 11 is 0. The van der Waals surface area contributed by atoms with Crippen molar-refractivity contribution in [3.63, 3.8) is 0 Å². The van der Waals surface area contributed by atoms with Gasteiger partial charge in [0.2, 0.25) is 0 Å². The molecule has 1 fully saturated rings. The van der Waals surface area contributed by atoms with Crippen LogP contribution in [0.15, 0.2) is 65.6 Å². The molecule has 0 spiro atoms. The molecule has 0 saturated carbocycles. The highest BCUT2D eigenvalue weighted by Crippen LogP contribution is 2.14. The molecule has 150 valence electrons. The van der Waals surface area contributed by atoms with Crippen LogP contribution < -0.4 is 10.6 Å². The molecule has 28 heavy (non-hydrogen) atoms. The fourth-order valence-electron chi connectivity index (χ4n) is 3.40. The van der Waals surface area contributed by atoms with Gasteiger partial charge in [0.25, 0.3) is 0 Å². The van der Waals surface area contributed by atoms with Crippen molar-refractivity contribution < 1.29 is 13.2 Å². The van der Waals surface area contributed by atoms with Crippen LogP contribution in [0.25, 0.3) is 0 Å².